The average Bonchev–Trinajstić information content (AvgIpc) is 2.01. The Morgan fingerprint density at radius 1 is 1.40 bits per heavy atom. The number of likely N-dealkylation sites (tertiary alicyclic amines) is 1. The first kappa shape index (κ1) is 16.4. The van der Waals surface area contributed by atoms with Crippen LogP contribution in [0.4, 0.5) is 12.9 Å². The molecule has 1 fully saturated rings. The summed E-state index contributed by atoms with van der Waals surface area (Å²) < 4.78 is 41.7. The molecule has 7 heteroatoms. The Morgan fingerprint density at radius 3 is 2.47 bits per heavy atom. The van der Waals surface area contributed by atoms with Gasteiger partial charge in [-0.15, -0.1) is 0 Å². The van der Waals surface area contributed by atoms with E-state index in [0.717, 1.165) is 12.8 Å². The van der Waals surface area contributed by atoms with Crippen LogP contribution < -0.4 is 51.4 Å². The van der Waals surface area contributed by atoms with Gasteiger partial charge in [-0.1, -0.05) is 0 Å². The van der Waals surface area contributed by atoms with Crippen LogP contribution in [-0.2, 0) is 4.74 Å². The van der Waals surface area contributed by atoms with Crippen LogP contribution in [0.5, 0.6) is 0 Å². The van der Waals surface area contributed by atoms with Crippen molar-refractivity contribution in [2.75, 3.05) is 26.6 Å². The third kappa shape index (κ3) is 6.05. The minimum absolute atomic E-state index is 0. The minimum atomic E-state index is -4.71. The number of hydrogen-bond acceptors (Lipinski definition) is 2. The number of rotatable bonds is 3. The molecule has 1 saturated heterocycles. The molecule has 1 rings (SSSR count). The fourth-order valence-electron chi connectivity index (χ4n) is 1.92. The van der Waals surface area contributed by atoms with Crippen molar-refractivity contribution in [3.63, 3.8) is 0 Å². The van der Waals surface area contributed by atoms with Crippen LogP contribution in [0.2, 0.25) is 0 Å². The number of ether oxygens (including phenoxy) is 1. The van der Waals surface area contributed by atoms with Gasteiger partial charge >= 0.3 is 58.4 Å². The predicted molar refractivity (Wildman–Crippen MR) is 50.2 cm³/mol. The third-order valence-electron chi connectivity index (χ3n) is 2.70. The molecule has 0 aromatic heterocycles. The molecule has 2 nitrogen and oxygen atoms in total. The molecule has 84 valence electrons. The second-order valence-corrected chi connectivity index (χ2v) is 4.20. The maximum atomic E-state index is 12.2. The number of methoxy groups -OCH3 is 1. The molecule has 1 heterocycles. The monoisotopic (exact) mass is 249 g/mol. The van der Waals surface area contributed by atoms with E-state index in [1.807, 2.05) is 6.92 Å². The fourth-order valence-corrected chi connectivity index (χ4v) is 1.92. The van der Waals surface area contributed by atoms with Gasteiger partial charge in [0.25, 0.3) is 0 Å². The van der Waals surface area contributed by atoms with Gasteiger partial charge in [-0.05, 0) is 32.8 Å². The number of nitrogens with zero attached hydrogens (tertiary/aromatic N) is 1. The summed E-state index contributed by atoms with van der Waals surface area (Å²) >= 11 is 0. The molecular formula is C8H16BF3KNO. The zero-order valence-electron chi connectivity index (χ0n) is 9.60. The summed E-state index contributed by atoms with van der Waals surface area (Å²) in [5.74, 6) is 0. The molecule has 1 aliphatic rings. The summed E-state index contributed by atoms with van der Waals surface area (Å²) in [6.45, 7) is -1.94. The van der Waals surface area contributed by atoms with Gasteiger partial charge in [-0.25, -0.2) is 0 Å². The Balaban J connectivity index is 0.00000196. The zero-order chi connectivity index (χ0) is 10.8. The normalized spacial score (nSPS) is 28.6. The second-order valence-electron chi connectivity index (χ2n) is 4.20. The summed E-state index contributed by atoms with van der Waals surface area (Å²) in [6, 6.07) is 0. The third-order valence-corrected chi connectivity index (χ3v) is 2.70. The van der Waals surface area contributed by atoms with Gasteiger partial charge in [0, 0.05) is 13.7 Å². The van der Waals surface area contributed by atoms with Crippen molar-refractivity contribution in [1.29, 1.82) is 0 Å². The molecule has 0 aromatic carbocycles. The summed E-state index contributed by atoms with van der Waals surface area (Å²) in [4.78, 5) is 1.44. The minimum Gasteiger partial charge on any atom is -0.448 e. The molecular weight excluding hydrogens is 233 g/mol. The first-order valence-electron chi connectivity index (χ1n) is 4.83. The molecule has 0 aromatic rings. The van der Waals surface area contributed by atoms with E-state index in [1.54, 1.807) is 7.11 Å². The molecule has 0 spiro atoms. The van der Waals surface area contributed by atoms with Crippen LogP contribution in [-0.4, -0.2) is 44.1 Å². The van der Waals surface area contributed by atoms with Gasteiger partial charge in [0.15, 0.2) is 0 Å². The standard InChI is InChI=1S/C8H16BF3NO.K/c1-8(14-2)4-3-5-13(6-8)7-9(10,11)12;/h3-7H2,1-2H3;/q-1;+1. The molecule has 0 aliphatic carbocycles. The molecule has 1 unspecified atom stereocenters. The predicted octanol–water partition coefficient (Wildman–Crippen LogP) is -1.12. The van der Waals surface area contributed by atoms with E-state index in [0.29, 0.717) is 13.1 Å². The quantitative estimate of drug-likeness (QED) is 0.587. The number of piperidine rings is 1. The molecule has 15 heavy (non-hydrogen) atoms. The van der Waals surface area contributed by atoms with Gasteiger partial charge in [0.05, 0.1) is 5.60 Å². The van der Waals surface area contributed by atoms with Crippen molar-refractivity contribution in [2.45, 2.75) is 25.4 Å². The zero-order valence-corrected chi connectivity index (χ0v) is 12.7. The molecule has 0 N–H and O–H groups in total. The van der Waals surface area contributed by atoms with Gasteiger partial charge in [0.2, 0.25) is 0 Å². The average molecular weight is 249 g/mol. The van der Waals surface area contributed by atoms with Crippen LogP contribution in [0.1, 0.15) is 19.8 Å². The summed E-state index contributed by atoms with van der Waals surface area (Å²) in [5.41, 5.74) is -0.403. The largest absolute Gasteiger partial charge is 1.00 e. The molecule has 0 amide bonds. The summed E-state index contributed by atoms with van der Waals surface area (Å²) in [5, 5.41) is 0. The van der Waals surface area contributed by atoms with Crippen molar-refractivity contribution < 1.29 is 69.1 Å². The Bertz CT molecular complexity index is 205. The maximum Gasteiger partial charge on any atom is 1.00 e. The van der Waals surface area contributed by atoms with Crippen molar-refractivity contribution in [3.8, 4) is 0 Å². The Kier molecular flexibility index (Phi) is 6.97. The molecule has 0 saturated carbocycles. The van der Waals surface area contributed by atoms with Gasteiger partial charge in [-0.2, -0.15) is 0 Å². The molecule has 0 bridgehead atoms. The van der Waals surface area contributed by atoms with Gasteiger partial charge < -0.3 is 22.6 Å². The van der Waals surface area contributed by atoms with Crippen molar-refractivity contribution in [3.05, 3.63) is 0 Å². The van der Waals surface area contributed by atoms with E-state index in [1.165, 1.54) is 4.90 Å². The molecule has 1 atom stereocenters. The van der Waals surface area contributed by atoms with Crippen molar-refractivity contribution in [1.82, 2.24) is 4.90 Å². The number of hydrogen-bond donors (Lipinski definition) is 0. The summed E-state index contributed by atoms with van der Waals surface area (Å²) in [6.07, 6.45) is 0.848. The van der Waals surface area contributed by atoms with Crippen molar-refractivity contribution >= 4 is 6.98 Å². The van der Waals surface area contributed by atoms with E-state index in [4.69, 9.17) is 4.74 Å². The van der Waals surface area contributed by atoms with Crippen LogP contribution in [0, 0.1) is 0 Å². The topological polar surface area (TPSA) is 12.5 Å². The van der Waals surface area contributed by atoms with E-state index in [2.05, 4.69) is 0 Å². The smallest absolute Gasteiger partial charge is 0.448 e. The molecule has 0 radical (unpaired) electrons. The SMILES string of the molecule is COC1(C)CCCN(C[B-](F)(F)F)C1.[K+]. The van der Waals surface area contributed by atoms with E-state index < -0.39 is 19.0 Å². The Morgan fingerprint density at radius 2 is 2.00 bits per heavy atom. The van der Waals surface area contributed by atoms with Crippen molar-refractivity contribution in [2.24, 2.45) is 0 Å². The fraction of sp³-hybridized carbons (Fsp3) is 1.00. The molecule has 1 aliphatic heterocycles. The Labute approximate surface area is 131 Å². The van der Waals surface area contributed by atoms with Crippen LogP contribution in [0.15, 0.2) is 0 Å². The van der Waals surface area contributed by atoms with Gasteiger partial charge in [-0.3, -0.25) is 0 Å². The summed E-state index contributed by atoms with van der Waals surface area (Å²) in [7, 11) is 1.56. The van der Waals surface area contributed by atoms with Gasteiger partial charge in [0.1, 0.15) is 0 Å². The van der Waals surface area contributed by atoms with Crippen LogP contribution in [0.3, 0.4) is 0 Å². The van der Waals surface area contributed by atoms with E-state index in [-0.39, 0.29) is 51.4 Å². The van der Waals surface area contributed by atoms with E-state index >= 15 is 0 Å². The first-order chi connectivity index (χ1) is 6.35. The van der Waals surface area contributed by atoms with Crippen LogP contribution >= 0.6 is 0 Å². The van der Waals surface area contributed by atoms with E-state index in [9.17, 15) is 12.9 Å². The Hall–Kier alpha value is 1.41. The first-order valence-corrected chi connectivity index (χ1v) is 4.83. The maximum absolute atomic E-state index is 12.2. The second kappa shape index (κ2) is 6.37. The number of halogens is 3. The van der Waals surface area contributed by atoms with Crippen LogP contribution in [0.25, 0.3) is 0 Å².